The molecule has 1 saturated carbocycles. The highest BCUT2D eigenvalue weighted by Crippen LogP contribution is 2.32. The van der Waals surface area contributed by atoms with Crippen LogP contribution in [0.4, 0.5) is 6.01 Å². The predicted molar refractivity (Wildman–Crippen MR) is 69.2 cm³/mol. The van der Waals surface area contributed by atoms with Crippen LogP contribution in [-0.4, -0.2) is 10.2 Å². The first-order valence-corrected chi connectivity index (χ1v) is 6.39. The second-order valence-electron chi connectivity index (χ2n) is 4.81. The van der Waals surface area contributed by atoms with Crippen LogP contribution in [-0.2, 0) is 13.0 Å². The number of nitriles is 1. The maximum Gasteiger partial charge on any atom is 0.315 e. The van der Waals surface area contributed by atoms with Gasteiger partial charge in [-0.25, -0.2) is 0 Å². The highest BCUT2D eigenvalue weighted by Gasteiger charge is 2.24. The Bertz CT molecular complexity index is 593. The van der Waals surface area contributed by atoms with Crippen LogP contribution in [0.25, 0.3) is 0 Å². The van der Waals surface area contributed by atoms with Gasteiger partial charge in [-0.15, -0.1) is 5.10 Å². The number of anilines is 1. The SMILES string of the molecule is N#Cc1ccc(CNc2nnc(CC3CC3)o2)cc1. The van der Waals surface area contributed by atoms with Crippen LogP contribution in [0.5, 0.6) is 0 Å². The van der Waals surface area contributed by atoms with Crippen LogP contribution in [0.1, 0.15) is 29.9 Å². The topological polar surface area (TPSA) is 74.7 Å². The largest absolute Gasteiger partial charge is 0.408 e. The molecule has 0 unspecified atom stereocenters. The van der Waals surface area contributed by atoms with Crippen molar-refractivity contribution < 1.29 is 4.42 Å². The monoisotopic (exact) mass is 254 g/mol. The molecule has 5 nitrogen and oxygen atoms in total. The van der Waals surface area contributed by atoms with E-state index >= 15 is 0 Å². The number of nitrogens with zero attached hydrogens (tertiary/aromatic N) is 3. The van der Waals surface area contributed by atoms with Gasteiger partial charge in [-0.2, -0.15) is 5.26 Å². The van der Waals surface area contributed by atoms with Gasteiger partial charge >= 0.3 is 6.01 Å². The molecule has 0 saturated heterocycles. The summed E-state index contributed by atoms with van der Waals surface area (Å²) < 4.78 is 5.52. The third kappa shape index (κ3) is 3.10. The van der Waals surface area contributed by atoms with E-state index in [0.29, 0.717) is 24.0 Å². The van der Waals surface area contributed by atoms with Gasteiger partial charge in [-0.05, 0) is 36.5 Å². The molecule has 0 spiro atoms. The van der Waals surface area contributed by atoms with Crippen molar-refractivity contribution in [2.24, 2.45) is 5.92 Å². The fourth-order valence-electron chi connectivity index (χ4n) is 1.85. The summed E-state index contributed by atoms with van der Waals surface area (Å²) in [7, 11) is 0. The molecule has 0 amide bonds. The lowest BCUT2D eigenvalue weighted by Crippen LogP contribution is -1.99. The summed E-state index contributed by atoms with van der Waals surface area (Å²) in [5.74, 6) is 1.46. The average Bonchev–Trinajstić information content (AvgIpc) is 3.14. The maximum absolute atomic E-state index is 8.72. The van der Waals surface area contributed by atoms with E-state index in [2.05, 4.69) is 21.6 Å². The second kappa shape index (κ2) is 5.11. The lowest BCUT2D eigenvalue weighted by molar-refractivity contribution is 0.491. The molecule has 1 aliphatic rings. The Morgan fingerprint density at radius 1 is 1.26 bits per heavy atom. The van der Waals surface area contributed by atoms with Gasteiger partial charge in [-0.1, -0.05) is 17.2 Å². The quantitative estimate of drug-likeness (QED) is 0.887. The van der Waals surface area contributed by atoms with Gasteiger partial charge in [0.2, 0.25) is 5.89 Å². The minimum absolute atomic E-state index is 0.458. The summed E-state index contributed by atoms with van der Waals surface area (Å²) in [6.07, 6.45) is 3.44. The summed E-state index contributed by atoms with van der Waals surface area (Å²) in [5, 5.41) is 19.8. The van der Waals surface area contributed by atoms with Crippen LogP contribution in [0.3, 0.4) is 0 Å². The summed E-state index contributed by atoms with van der Waals surface area (Å²) in [5.41, 5.74) is 1.73. The highest BCUT2D eigenvalue weighted by molar-refractivity contribution is 5.33. The number of rotatable bonds is 5. The smallest absolute Gasteiger partial charge is 0.315 e. The van der Waals surface area contributed by atoms with Gasteiger partial charge in [0.05, 0.1) is 11.6 Å². The fraction of sp³-hybridized carbons (Fsp3) is 0.357. The number of aromatic nitrogens is 2. The van der Waals surface area contributed by atoms with E-state index in [0.717, 1.165) is 17.9 Å². The molecular formula is C14H14N4O. The third-order valence-electron chi connectivity index (χ3n) is 3.15. The molecule has 0 bridgehead atoms. The summed E-state index contributed by atoms with van der Waals surface area (Å²) in [6, 6.07) is 9.96. The molecule has 1 N–H and O–H groups in total. The summed E-state index contributed by atoms with van der Waals surface area (Å²) in [6.45, 7) is 0.608. The van der Waals surface area contributed by atoms with Crippen molar-refractivity contribution in [2.75, 3.05) is 5.32 Å². The Balaban J connectivity index is 1.55. The van der Waals surface area contributed by atoms with Crippen LogP contribution in [0.2, 0.25) is 0 Å². The summed E-state index contributed by atoms with van der Waals surface area (Å²) >= 11 is 0. The Hall–Kier alpha value is -2.35. The molecular weight excluding hydrogens is 240 g/mol. The third-order valence-corrected chi connectivity index (χ3v) is 3.15. The van der Waals surface area contributed by atoms with Crippen LogP contribution in [0, 0.1) is 17.2 Å². The molecule has 2 aromatic rings. The number of nitrogens with one attached hydrogen (secondary N) is 1. The van der Waals surface area contributed by atoms with Crippen LogP contribution < -0.4 is 5.32 Å². The van der Waals surface area contributed by atoms with Crippen molar-refractivity contribution in [3.63, 3.8) is 0 Å². The van der Waals surface area contributed by atoms with Gasteiger partial charge in [0, 0.05) is 13.0 Å². The molecule has 1 aromatic carbocycles. The Labute approximate surface area is 111 Å². The Morgan fingerprint density at radius 2 is 2.05 bits per heavy atom. The normalized spacial score (nSPS) is 14.1. The zero-order chi connectivity index (χ0) is 13.1. The minimum Gasteiger partial charge on any atom is -0.408 e. The van der Waals surface area contributed by atoms with Crippen molar-refractivity contribution in [1.82, 2.24) is 10.2 Å². The van der Waals surface area contributed by atoms with E-state index in [9.17, 15) is 0 Å². The van der Waals surface area contributed by atoms with Gasteiger partial charge in [0.25, 0.3) is 0 Å². The summed E-state index contributed by atoms with van der Waals surface area (Å²) in [4.78, 5) is 0. The second-order valence-corrected chi connectivity index (χ2v) is 4.81. The lowest BCUT2D eigenvalue weighted by Gasteiger charge is -2.01. The minimum atomic E-state index is 0.458. The van der Waals surface area contributed by atoms with E-state index in [-0.39, 0.29) is 0 Å². The van der Waals surface area contributed by atoms with Crippen molar-refractivity contribution in [1.29, 1.82) is 5.26 Å². The first kappa shape index (κ1) is 11.7. The molecule has 1 aromatic heterocycles. The molecule has 0 aliphatic heterocycles. The number of hydrogen-bond donors (Lipinski definition) is 1. The molecule has 19 heavy (non-hydrogen) atoms. The first-order chi connectivity index (χ1) is 9.33. The van der Waals surface area contributed by atoms with E-state index in [4.69, 9.17) is 9.68 Å². The molecule has 1 aliphatic carbocycles. The lowest BCUT2D eigenvalue weighted by atomic mass is 10.1. The van der Waals surface area contributed by atoms with Crippen molar-refractivity contribution in [3.8, 4) is 6.07 Å². The Morgan fingerprint density at radius 3 is 2.74 bits per heavy atom. The van der Waals surface area contributed by atoms with Gasteiger partial charge in [0.1, 0.15) is 0 Å². The zero-order valence-electron chi connectivity index (χ0n) is 10.5. The molecule has 0 atom stereocenters. The van der Waals surface area contributed by atoms with Gasteiger partial charge in [0.15, 0.2) is 0 Å². The molecule has 3 rings (SSSR count). The maximum atomic E-state index is 8.72. The van der Waals surface area contributed by atoms with E-state index in [1.807, 2.05) is 12.1 Å². The van der Waals surface area contributed by atoms with Gasteiger partial charge < -0.3 is 9.73 Å². The predicted octanol–water partition coefficient (Wildman–Crippen LogP) is 2.51. The van der Waals surface area contributed by atoms with Crippen LogP contribution in [0.15, 0.2) is 28.7 Å². The van der Waals surface area contributed by atoms with E-state index < -0.39 is 0 Å². The molecule has 0 radical (unpaired) electrons. The first-order valence-electron chi connectivity index (χ1n) is 6.39. The van der Waals surface area contributed by atoms with Crippen molar-refractivity contribution >= 4 is 6.01 Å². The fourth-order valence-corrected chi connectivity index (χ4v) is 1.85. The molecule has 1 fully saturated rings. The van der Waals surface area contributed by atoms with E-state index in [1.54, 1.807) is 12.1 Å². The zero-order valence-corrected chi connectivity index (χ0v) is 10.5. The molecule has 1 heterocycles. The van der Waals surface area contributed by atoms with Crippen molar-refractivity contribution in [2.45, 2.75) is 25.8 Å². The average molecular weight is 254 g/mol. The number of hydrogen-bond acceptors (Lipinski definition) is 5. The standard InChI is InChI=1S/C14H14N4O/c15-8-11-3-5-12(6-4-11)9-16-14-18-17-13(19-14)7-10-1-2-10/h3-6,10H,1-2,7,9H2,(H,16,18). The van der Waals surface area contributed by atoms with Gasteiger partial charge in [-0.3, -0.25) is 0 Å². The van der Waals surface area contributed by atoms with Crippen LogP contribution >= 0.6 is 0 Å². The van der Waals surface area contributed by atoms with Crippen molar-refractivity contribution in [3.05, 3.63) is 41.3 Å². The highest BCUT2D eigenvalue weighted by atomic mass is 16.4. The van der Waals surface area contributed by atoms with E-state index in [1.165, 1.54) is 12.8 Å². The number of benzene rings is 1. The molecule has 5 heteroatoms. The Kier molecular flexibility index (Phi) is 3.15. The molecule has 96 valence electrons.